The standard InChI is InChI=1S/C14H14FN3O3S2/c1-18(2)14(21)16-11-10(13(19)20)12(17-23-11)22-7-8-3-5-9(15)6-4-8/h3-6H,7H2,1-2H3,(H,16,21)(H,19,20). The van der Waals surface area contributed by atoms with Gasteiger partial charge in [-0.15, -0.1) is 0 Å². The van der Waals surface area contributed by atoms with Crippen LogP contribution in [0, 0.1) is 5.82 Å². The average Bonchev–Trinajstić information content (AvgIpc) is 2.89. The fraction of sp³-hybridized carbons (Fsp3) is 0.214. The van der Waals surface area contributed by atoms with E-state index in [1.54, 1.807) is 26.2 Å². The largest absolute Gasteiger partial charge is 0.477 e. The summed E-state index contributed by atoms with van der Waals surface area (Å²) in [4.78, 5) is 24.4. The maximum Gasteiger partial charge on any atom is 0.341 e. The second-order valence-corrected chi connectivity index (χ2v) is 6.47. The van der Waals surface area contributed by atoms with Crippen LogP contribution in [0.3, 0.4) is 0 Å². The number of nitrogens with one attached hydrogen (secondary N) is 1. The molecule has 0 aliphatic carbocycles. The molecule has 2 rings (SSSR count). The predicted molar refractivity (Wildman–Crippen MR) is 87.7 cm³/mol. The van der Waals surface area contributed by atoms with Gasteiger partial charge in [-0.2, -0.15) is 4.37 Å². The minimum Gasteiger partial charge on any atom is -0.477 e. The number of benzene rings is 1. The number of urea groups is 1. The molecule has 0 aliphatic rings. The zero-order chi connectivity index (χ0) is 17.0. The lowest BCUT2D eigenvalue weighted by Crippen LogP contribution is -2.27. The number of carbonyl (C=O) groups is 2. The van der Waals surface area contributed by atoms with Crippen LogP contribution in [0.5, 0.6) is 0 Å². The highest BCUT2D eigenvalue weighted by molar-refractivity contribution is 7.98. The van der Waals surface area contributed by atoms with E-state index < -0.39 is 12.0 Å². The summed E-state index contributed by atoms with van der Waals surface area (Å²) < 4.78 is 17.0. The molecule has 1 heterocycles. The summed E-state index contributed by atoms with van der Waals surface area (Å²) in [5.74, 6) is -1.03. The van der Waals surface area contributed by atoms with Crippen LogP contribution in [0.25, 0.3) is 0 Å². The number of nitrogens with zero attached hydrogens (tertiary/aromatic N) is 2. The minimum atomic E-state index is -1.16. The Kier molecular flexibility index (Phi) is 5.56. The summed E-state index contributed by atoms with van der Waals surface area (Å²) in [7, 11) is 3.11. The molecule has 0 saturated heterocycles. The molecular formula is C14H14FN3O3S2. The van der Waals surface area contributed by atoms with Crippen LogP contribution >= 0.6 is 23.3 Å². The van der Waals surface area contributed by atoms with Crippen molar-refractivity contribution in [2.24, 2.45) is 0 Å². The molecule has 122 valence electrons. The number of aromatic nitrogens is 1. The number of anilines is 1. The van der Waals surface area contributed by atoms with Crippen molar-refractivity contribution in [1.29, 1.82) is 0 Å². The van der Waals surface area contributed by atoms with Crippen molar-refractivity contribution in [3.05, 3.63) is 41.2 Å². The van der Waals surface area contributed by atoms with E-state index in [1.807, 2.05) is 0 Å². The first-order valence-electron chi connectivity index (χ1n) is 6.47. The molecule has 0 aliphatic heterocycles. The molecular weight excluding hydrogens is 341 g/mol. The molecule has 0 spiro atoms. The predicted octanol–water partition coefficient (Wildman–Crippen LogP) is 3.37. The van der Waals surface area contributed by atoms with Crippen molar-refractivity contribution in [2.75, 3.05) is 19.4 Å². The van der Waals surface area contributed by atoms with Crippen molar-refractivity contribution in [3.8, 4) is 0 Å². The molecule has 6 nitrogen and oxygen atoms in total. The lowest BCUT2D eigenvalue weighted by atomic mass is 10.2. The Morgan fingerprint density at radius 1 is 1.35 bits per heavy atom. The summed E-state index contributed by atoms with van der Waals surface area (Å²) in [6, 6.07) is 5.52. The summed E-state index contributed by atoms with van der Waals surface area (Å²) in [6.45, 7) is 0. The highest BCUT2D eigenvalue weighted by Crippen LogP contribution is 2.33. The molecule has 1 aromatic carbocycles. The van der Waals surface area contributed by atoms with Gasteiger partial charge in [-0.05, 0) is 29.2 Å². The van der Waals surface area contributed by atoms with E-state index in [0.717, 1.165) is 17.1 Å². The Balaban J connectivity index is 2.15. The maximum atomic E-state index is 12.9. The molecule has 2 N–H and O–H groups in total. The van der Waals surface area contributed by atoms with Crippen LogP contribution in [0.1, 0.15) is 15.9 Å². The first-order chi connectivity index (χ1) is 10.9. The number of aromatic carboxylic acids is 1. The summed E-state index contributed by atoms with van der Waals surface area (Å²) in [5, 5.41) is 12.4. The van der Waals surface area contributed by atoms with Gasteiger partial charge in [-0.25, -0.2) is 14.0 Å². The molecule has 0 fully saturated rings. The van der Waals surface area contributed by atoms with Gasteiger partial charge in [-0.3, -0.25) is 5.32 Å². The van der Waals surface area contributed by atoms with Crippen LogP contribution in [0.15, 0.2) is 29.3 Å². The Labute approximate surface area is 140 Å². The molecule has 0 radical (unpaired) electrons. The van der Waals surface area contributed by atoms with Crippen molar-refractivity contribution in [3.63, 3.8) is 0 Å². The summed E-state index contributed by atoms with van der Waals surface area (Å²) in [6.07, 6.45) is 0. The van der Waals surface area contributed by atoms with Crippen LogP contribution in [-0.2, 0) is 5.75 Å². The SMILES string of the molecule is CN(C)C(=O)Nc1snc(SCc2ccc(F)cc2)c1C(=O)O. The monoisotopic (exact) mass is 355 g/mol. The Morgan fingerprint density at radius 3 is 2.57 bits per heavy atom. The van der Waals surface area contributed by atoms with E-state index in [2.05, 4.69) is 9.69 Å². The van der Waals surface area contributed by atoms with E-state index in [0.29, 0.717) is 10.8 Å². The molecule has 1 aromatic heterocycles. The fourth-order valence-corrected chi connectivity index (χ4v) is 3.48. The normalized spacial score (nSPS) is 10.4. The van der Waals surface area contributed by atoms with E-state index >= 15 is 0 Å². The van der Waals surface area contributed by atoms with Gasteiger partial charge in [0.1, 0.15) is 21.4 Å². The molecule has 2 amide bonds. The number of hydrogen-bond acceptors (Lipinski definition) is 5. The Bertz CT molecular complexity index is 717. The van der Waals surface area contributed by atoms with Crippen LogP contribution in [0.2, 0.25) is 0 Å². The van der Waals surface area contributed by atoms with Crippen molar-refractivity contribution < 1.29 is 19.1 Å². The van der Waals surface area contributed by atoms with Gasteiger partial charge in [0.15, 0.2) is 0 Å². The topological polar surface area (TPSA) is 82.5 Å². The number of halogens is 1. The van der Waals surface area contributed by atoms with Gasteiger partial charge < -0.3 is 10.0 Å². The summed E-state index contributed by atoms with van der Waals surface area (Å²) >= 11 is 2.14. The third-order valence-electron chi connectivity index (χ3n) is 2.79. The number of thioether (sulfide) groups is 1. The van der Waals surface area contributed by atoms with E-state index in [9.17, 15) is 19.1 Å². The Hall–Kier alpha value is -2.13. The first-order valence-corrected chi connectivity index (χ1v) is 8.23. The van der Waals surface area contributed by atoms with E-state index in [-0.39, 0.29) is 16.4 Å². The molecule has 23 heavy (non-hydrogen) atoms. The number of carbonyl (C=O) groups excluding carboxylic acids is 1. The van der Waals surface area contributed by atoms with Crippen molar-refractivity contribution in [2.45, 2.75) is 10.8 Å². The van der Waals surface area contributed by atoms with Gasteiger partial charge in [-0.1, -0.05) is 23.9 Å². The quantitative estimate of drug-likeness (QED) is 0.804. The second-order valence-electron chi connectivity index (χ2n) is 4.74. The van der Waals surface area contributed by atoms with Crippen molar-refractivity contribution >= 4 is 40.3 Å². The smallest absolute Gasteiger partial charge is 0.341 e. The minimum absolute atomic E-state index is 0.0303. The zero-order valence-corrected chi connectivity index (χ0v) is 14.0. The highest BCUT2D eigenvalue weighted by Gasteiger charge is 2.22. The van der Waals surface area contributed by atoms with Gasteiger partial charge in [0, 0.05) is 19.8 Å². The molecule has 0 saturated carbocycles. The molecule has 0 atom stereocenters. The number of hydrogen-bond donors (Lipinski definition) is 2. The highest BCUT2D eigenvalue weighted by atomic mass is 32.2. The van der Waals surface area contributed by atoms with Gasteiger partial charge in [0.25, 0.3) is 0 Å². The fourth-order valence-electron chi connectivity index (χ4n) is 1.59. The Morgan fingerprint density at radius 2 is 2.00 bits per heavy atom. The number of rotatable bonds is 5. The number of carboxylic acids is 1. The van der Waals surface area contributed by atoms with E-state index in [1.165, 1.54) is 28.8 Å². The second kappa shape index (κ2) is 7.42. The van der Waals surface area contributed by atoms with Gasteiger partial charge in [0.05, 0.1) is 0 Å². The van der Waals surface area contributed by atoms with Crippen molar-refractivity contribution in [1.82, 2.24) is 9.27 Å². The molecule has 0 unspecified atom stereocenters. The van der Waals surface area contributed by atoms with Crippen LogP contribution in [-0.4, -0.2) is 40.5 Å². The molecule has 9 heteroatoms. The summed E-state index contributed by atoms with van der Waals surface area (Å²) in [5.41, 5.74) is 0.817. The lowest BCUT2D eigenvalue weighted by Gasteiger charge is -2.10. The van der Waals surface area contributed by atoms with E-state index in [4.69, 9.17) is 0 Å². The number of amides is 2. The number of carboxylic acid groups (broad SMARTS) is 1. The average molecular weight is 355 g/mol. The van der Waals surface area contributed by atoms with Gasteiger partial charge >= 0.3 is 12.0 Å². The van der Waals surface area contributed by atoms with Crippen LogP contribution < -0.4 is 5.32 Å². The maximum absolute atomic E-state index is 12.9. The van der Waals surface area contributed by atoms with Crippen LogP contribution in [0.4, 0.5) is 14.2 Å². The molecule has 2 aromatic rings. The van der Waals surface area contributed by atoms with Gasteiger partial charge in [0.2, 0.25) is 0 Å². The zero-order valence-electron chi connectivity index (χ0n) is 12.4. The third kappa shape index (κ3) is 4.42. The first kappa shape index (κ1) is 17.2. The lowest BCUT2D eigenvalue weighted by molar-refractivity contribution is 0.0694. The third-order valence-corrected chi connectivity index (χ3v) is 4.71. The molecule has 0 bridgehead atoms.